The van der Waals surface area contributed by atoms with Crippen LogP contribution < -0.4 is 20.9 Å². The highest BCUT2D eigenvalue weighted by Gasteiger charge is 2.49. The van der Waals surface area contributed by atoms with Crippen molar-refractivity contribution in [2.75, 3.05) is 18.9 Å². The molecule has 23 heteroatoms. The van der Waals surface area contributed by atoms with Gasteiger partial charge in [0.15, 0.2) is 36.2 Å². The fraction of sp³-hybridized carbons (Fsp3) is 0.476. The van der Waals surface area contributed by atoms with Crippen molar-refractivity contribution in [2.24, 2.45) is 5.73 Å². The van der Waals surface area contributed by atoms with Gasteiger partial charge >= 0.3 is 7.82 Å². The molecule has 0 spiro atoms. The lowest BCUT2D eigenvalue weighted by Gasteiger charge is -2.26. The van der Waals surface area contributed by atoms with Gasteiger partial charge in [-0.05, 0) is 6.07 Å². The minimum Gasteiger partial charge on any atom is -0.756 e. The number of aromatic nitrogens is 5. The summed E-state index contributed by atoms with van der Waals surface area (Å²) < 4.78 is 51.9. The summed E-state index contributed by atoms with van der Waals surface area (Å²) >= 11 is 4.92. The van der Waals surface area contributed by atoms with E-state index in [-0.39, 0.29) is 22.0 Å². The quantitative estimate of drug-likeness (QED) is 0.0599. The standard InChI is InChI=1S/C21H27N7O13P2S/c22-17-12-19(25-7-24-17)28(8-26-12)21-16(32)14(30)11(40-21)6-38-43(35,36)41-42(33,34)37-5-10-13(29)15(31)20(39-10)27-3-1-2-9(4-27)18(23)44/h1-4,7-8,10-11,13-16,20-21,29-32H,5-6H2,(H5-,22,23,24,25,33,34,35,36,44)/t10-,11-,13-,14-,15-,16-,20-,21-/m1/s1. The Bertz CT molecular complexity index is 1630. The van der Waals surface area contributed by atoms with E-state index < -0.39 is 77.9 Å². The topological polar surface area (TPSA) is 304 Å². The molecule has 0 saturated carbocycles. The van der Waals surface area contributed by atoms with Crippen molar-refractivity contribution in [1.29, 1.82) is 0 Å². The van der Waals surface area contributed by atoms with Gasteiger partial charge in [-0.25, -0.2) is 23.8 Å². The molecule has 2 aliphatic rings. The molecule has 240 valence electrons. The highest BCUT2D eigenvalue weighted by atomic mass is 32.1. The number of rotatable bonds is 11. The number of fused-ring (bicyclic) bond motifs is 1. The van der Waals surface area contributed by atoms with Crippen molar-refractivity contribution in [3.05, 3.63) is 42.7 Å². The predicted molar refractivity (Wildman–Crippen MR) is 145 cm³/mol. The summed E-state index contributed by atoms with van der Waals surface area (Å²) in [6.45, 7) is -1.83. The largest absolute Gasteiger partial charge is 0.756 e. The summed E-state index contributed by atoms with van der Waals surface area (Å²) in [5.74, 6) is 0.0515. The van der Waals surface area contributed by atoms with Crippen LogP contribution in [0, 0.1) is 0 Å². The van der Waals surface area contributed by atoms with Gasteiger partial charge in [0.25, 0.3) is 14.1 Å². The first-order chi connectivity index (χ1) is 20.7. The third-order valence-electron chi connectivity index (χ3n) is 6.74. The number of hydrogen-bond donors (Lipinski definition) is 7. The van der Waals surface area contributed by atoms with E-state index in [9.17, 15) is 39.3 Å². The van der Waals surface area contributed by atoms with E-state index in [1.807, 2.05) is 0 Å². The van der Waals surface area contributed by atoms with E-state index in [0.717, 1.165) is 6.33 Å². The third-order valence-corrected chi connectivity index (χ3v) is 9.54. The number of imidazole rings is 1. The van der Waals surface area contributed by atoms with Crippen molar-refractivity contribution in [2.45, 2.75) is 49.1 Å². The average Bonchev–Trinajstić information content (AvgIpc) is 3.61. The summed E-state index contributed by atoms with van der Waals surface area (Å²) in [5, 5.41) is 41.7. The number of phosphoric ester groups is 2. The van der Waals surface area contributed by atoms with Crippen LogP contribution in [0.2, 0.25) is 0 Å². The van der Waals surface area contributed by atoms with E-state index in [4.69, 9.17) is 33.2 Å². The first-order valence-corrected chi connectivity index (χ1v) is 15.9. The molecule has 3 aromatic rings. The number of nitrogens with two attached hydrogens (primary N) is 2. The Kier molecular flexibility index (Phi) is 9.44. The van der Waals surface area contributed by atoms with E-state index in [2.05, 4.69) is 28.3 Å². The Labute approximate surface area is 252 Å². The van der Waals surface area contributed by atoms with Crippen LogP contribution in [0.15, 0.2) is 37.2 Å². The van der Waals surface area contributed by atoms with E-state index in [1.165, 1.54) is 27.9 Å². The van der Waals surface area contributed by atoms with Crippen LogP contribution >= 0.6 is 27.9 Å². The highest BCUT2D eigenvalue weighted by molar-refractivity contribution is 7.80. The number of hydrogen-bond acceptors (Lipinski definition) is 17. The average molecular weight is 679 g/mol. The van der Waals surface area contributed by atoms with Crippen molar-refractivity contribution in [3.63, 3.8) is 0 Å². The lowest BCUT2D eigenvalue weighted by Crippen LogP contribution is -2.46. The van der Waals surface area contributed by atoms with Gasteiger partial charge in [-0.2, -0.15) is 4.57 Å². The third kappa shape index (κ3) is 6.81. The maximum absolute atomic E-state index is 12.4. The first kappa shape index (κ1) is 32.8. The van der Waals surface area contributed by atoms with Gasteiger partial charge in [0.2, 0.25) is 0 Å². The van der Waals surface area contributed by atoms with Crippen LogP contribution in [-0.4, -0.2) is 99.7 Å². The minimum atomic E-state index is -5.59. The summed E-state index contributed by atoms with van der Waals surface area (Å²) in [5.41, 5.74) is 12.1. The molecule has 5 rings (SSSR count). The van der Waals surface area contributed by atoms with Gasteiger partial charge in [-0.3, -0.25) is 13.7 Å². The Morgan fingerprint density at radius 3 is 2.48 bits per heavy atom. The molecule has 2 aliphatic heterocycles. The highest BCUT2D eigenvalue weighted by Crippen LogP contribution is 2.58. The van der Waals surface area contributed by atoms with E-state index >= 15 is 0 Å². The Morgan fingerprint density at radius 1 is 1.07 bits per heavy atom. The van der Waals surface area contributed by atoms with E-state index in [0.29, 0.717) is 5.56 Å². The van der Waals surface area contributed by atoms with Gasteiger partial charge in [0.1, 0.15) is 47.4 Å². The van der Waals surface area contributed by atoms with Crippen molar-refractivity contribution >= 4 is 49.8 Å². The number of thiocarbonyl (C=S) groups is 1. The summed E-state index contributed by atoms with van der Waals surface area (Å²) in [4.78, 5) is 34.2. The molecule has 44 heavy (non-hydrogen) atoms. The number of ether oxygens (including phenoxy) is 2. The van der Waals surface area contributed by atoms with Crippen LogP contribution in [0.4, 0.5) is 5.82 Å². The summed E-state index contributed by atoms with van der Waals surface area (Å²) in [6, 6.07) is 3.16. The fourth-order valence-electron chi connectivity index (χ4n) is 4.57. The number of aliphatic hydroxyl groups is 4. The maximum Gasteiger partial charge on any atom is 0.478 e. The summed E-state index contributed by atoms with van der Waals surface area (Å²) in [7, 11) is -11.0. The Morgan fingerprint density at radius 2 is 1.75 bits per heavy atom. The molecule has 3 aromatic heterocycles. The predicted octanol–water partition coefficient (Wildman–Crippen LogP) is -3.11. The molecule has 5 heterocycles. The van der Waals surface area contributed by atoms with Gasteiger partial charge < -0.3 is 55.7 Å². The monoisotopic (exact) mass is 679 g/mol. The zero-order chi connectivity index (χ0) is 32.0. The first-order valence-electron chi connectivity index (χ1n) is 12.6. The molecule has 2 unspecified atom stereocenters. The minimum absolute atomic E-state index is 0.0515. The van der Waals surface area contributed by atoms with Crippen molar-refractivity contribution in [1.82, 2.24) is 19.5 Å². The van der Waals surface area contributed by atoms with Gasteiger partial charge in [0, 0.05) is 6.07 Å². The van der Waals surface area contributed by atoms with E-state index in [1.54, 1.807) is 12.1 Å². The number of aliphatic hydroxyl groups excluding tert-OH is 4. The van der Waals surface area contributed by atoms with Crippen molar-refractivity contribution in [3.8, 4) is 0 Å². The summed E-state index contributed by atoms with van der Waals surface area (Å²) in [6.07, 6.45) is -6.43. The van der Waals surface area contributed by atoms with Crippen LogP contribution in [0.5, 0.6) is 0 Å². The van der Waals surface area contributed by atoms with Crippen LogP contribution in [-0.2, 0) is 32.0 Å². The maximum atomic E-state index is 12.4. The number of anilines is 1. The molecule has 0 amide bonds. The fourth-order valence-corrected chi connectivity index (χ4v) is 6.74. The molecule has 2 fully saturated rings. The molecule has 20 nitrogen and oxygen atoms in total. The van der Waals surface area contributed by atoms with Crippen molar-refractivity contribution < 1.29 is 66.7 Å². The second-order valence-electron chi connectivity index (χ2n) is 9.67. The lowest BCUT2D eigenvalue weighted by atomic mass is 10.1. The number of nitrogen functional groups attached to an aromatic ring is 1. The molecule has 10 atom stereocenters. The lowest BCUT2D eigenvalue weighted by molar-refractivity contribution is -0.765. The van der Waals surface area contributed by atoms with Gasteiger partial charge in [-0.1, -0.05) is 12.2 Å². The zero-order valence-corrected chi connectivity index (χ0v) is 24.8. The Balaban J connectivity index is 1.16. The van der Waals surface area contributed by atoms with Crippen LogP contribution in [0.25, 0.3) is 11.2 Å². The molecule has 9 N–H and O–H groups in total. The Hall–Kier alpha value is -2.59. The zero-order valence-electron chi connectivity index (χ0n) is 22.2. The number of nitrogens with zero attached hydrogens (tertiary/aromatic N) is 5. The van der Waals surface area contributed by atoms with Crippen LogP contribution in [0.1, 0.15) is 18.0 Å². The number of phosphoric acid groups is 2. The molecule has 0 aromatic carbocycles. The molecular formula is C21H27N7O13P2S. The molecule has 0 aliphatic carbocycles. The molecule has 0 radical (unpaired) electrons. The molecule has 0 bridgehead atoms. The van der Waals surface area contributed by atoms with Gasteiger partial charge in [-0.15, -0.1) is 0 Å². The second kappa shape index (κ2) is 12.7. The molecular weight excluding hydrogens is 652 g/mol. The second-order valence-corrected chi connectivity index (χ2v) is 13.1. The van der Waals surface area contributed by atoms with Gasteiger partial charge in [0.05, 0.1) is 25.1 Å². The van der Waals surface area contributed by atoms with Crippen LogP contribution in [0.3, 0.4) is 0 Å². The smallest absolute Gasteiger partial charge is 0.478 e. The SMILES string of the molecule is NC(=S)c1ccc[n+]([C@@H]2O[C@H](COP(=O)([O-])OP(=O)(O)OC[C@H]3O[C@@H](n4cnc5c(N)ncnc54)[C@H](O)[C@@H]3O)[C@@H](O)[C@H]2O)c1. The number of pyridine rings is 1. The normalized spacial score (nSPS) is 31.6. The molecule has 2 saturated heterocycles.